The Morgan fingerprint density at radius 2 is 2.15 bits per heavy atom. The molecule has 1 nitrogen and oxygen atoms in total. The number of halogens is 3. The number of carbonyl (C=O) groups excluding carboxylic acids is 1. The number of alkyl halides is 3. The van der Waals surface area contributed by atoms with Crippen LogP contribution in [0, 0.1) is 0 Å². The maximum absolute atomic E-state index is 12.8. The number of rotatable bonds is 4. The second-order valence-electron chi connectivity index (χ2n) is 2.45. The molecular formula is C8H7F3OS. The number of carbonyl (C=O) groups is 1. The van der Waals surface area contributed by atoms with E-state index in [0.29, 0.717) is 4.88 Å². The molecule has 1 aromatic rings. The molecule has 72 valence electrons. The van der Waals surface area contributed by atoms with Crippen LogP contribution in [-0.4, -0.2) is 18.4 Å². The average molecular weight is 208 g/mol. The highest BCUT2D eigenvalue weighted by atomic mass is 32.1. The zero-order valence-electron chi connectivity index (χ0n) is 6.54. The Hall–Kier alpha value is -0.840. The Labute approximate surface area is 77.2 Å². The summed E-state index contributed by atoms with van der Waals surface area (Å²) in [6.45, 7) is 0. The molecule has 0 fully saturated rings. The lowest BCUT2D eigenvalue weighted by Gasteiger charge is -2.03. The van der Waals surface area contributed by atoms with Crippen LogP contribution in [0.15, 0.2) is 17.5 Å². The molecule has 0 saturated heterocycles. The lowest BCUT2D eigenvalue weighted by Crippen LogP contribution is -2.24. The van der Waals surface area contributed by atoms with Crippen molar-refractivity contribution in [1.29, 1.82) is 0 Å². The molecule has 1 rings (SSSR count). The molecule has 0 aliphatic rings. The van der Waals surface area contributed by atoms with Crippen LogP contribution in [0.3, 0.4) is 0 Å². The van der Waals surface area contributed by atoms with Gasteiger partial charge in [-0.25, -0.2) is 13.2 Å². The quantitative estimate of drug-likeness (QED) is 0.742. The maximum atomic E-state index is 12.8. The molecule has 0 spiro atoms. The van der Waals surface area contributed by atoms with Crippen LogP contribution in [-0.2, 0) is 11.2 Å². The summed E-state index contributed by atoms with van der Waals surface area (Å²) in [7, 11) is 0. The normalized spacial score (nSPS) is 13.2. The third kappa shape index (κ3) is 2.84. The fourth-order valence-corrected chi connectivity index (χ4v) is 1.57. The van der Waals surface area contributed by atoms with E-state index in [4.69, 9.17) is 0 Å². The van der Waals surface area contributed by atoms with E-state index in [1.165, 1.54) is 11.3 Å². The maximum Gasteiger partial charge on any atom is 0.299 e. The molecule has 1 aromatic heterocycles. The summed E-state index contributed by atoms with van der Waals surface area (Å²) in [6.07, 6.45) is -5.55. The van der Waals surface area contributed by atoms with Gasteiger partial charge in [-0.2, -0.15) is 0 Å². The summed E-state index contributed by atoms with van der Waals surface area (Å²) < 4.78 is 36.2. The van der Waals surface area contributed by atoms with E-state index in [1.54, 1.807) is 17.5 Å². The van der Waals surface area contributed by atoms with Crippen molar-refractivity contribution >= 4 is 17.1 Å². The third-order valence-electron chi connectivity index (χ3n) is 1.48. The highest BCUT2D eigenvalue weighted by Gasteiger charge is 2.26. The summed E-state index contributed by atoms with van der Waals surface area (Å²) in [5, 5.41) is 1.70. The molecule has 0 aromatic carbocycles. The van der Waals surface area contributed by atoms with Gasteiger partial charge in [0, 0.05) is 11.3 Å². The molecule has 0 bridgehead atoms. The fourth-order valence-electron chi connectivity index (χ4n) is 0.843. The fraction of sp³-hybridized carbons (Fsp3) is 0.375. The van der Waals surface area contributed by atoms with E-state index in [1.807, 2.05) is 0 Å². The smallest absolute Gasteiger partial charge is 0.290 e. The molecule has 0 N–H and O–H groups in total. The molecule has 0 aliphatic heterocycles. The molecule has 1 atom stereocenters. The highest BCUT2D eigenvalue weighted by molar-refractivity contribution is 7.09. The van der Waals surface area contributed by atoms with Gasteiger partial charge in [-0.05, 0) is 11.4 Å². The Morgan fingerprint density at radius 3 is 2.62 bits per heavy atom. The zero-order chi connectivity index (χ0) is 9.84. The highest BCUT2D eigenvalue weighted by Crippen LogP contribution is 2.15. The number of Topliss-reactive ketones (excluding diaryl/α,β-unsaturated/α-hetero) is 1. The Bertz CT molecular complexity index is 271. The van der Waals surface area contributed by atoms with Crippen LogP contribution in [0.2, 0.25) is 0 Å². The van der Waals surface area contributed by atoms with Crippen LogP contribution in [0.5, 0.6) is 0 Å². The average Bonchev–Trinajstić information content (AvgIpc) is 2.55. The van der Waals surface area contributed by atoms with Gasteiger partial charge in [-0.15, -0.1) is 11.3 Å². The second-order valence-corrected chi connectivity index (χ2v) is 3.49. The van der Waals surface area contributed by atoms with E-state index in [9.17, 15) is 18.0 Å². The molecule has 5 heteroatoms. The van der Waals surface area contributed by atoms with Gasteiger partial charge in [0.05, 0.1) is 0 Å². The molecule has 13 heavy (non-hydrogen) atoms. The summed E-state index contributed by atoms with van der Waals surface area (Å²) in [5.74, 6) is -1.63. The Morgan fingerprint density at radius 1 is 1.46 bits per heavy atom. The first-order valence-corrected chi connectivity index (χ1v) is 4.47. The summed E-state index contributed by atoms with van der Waals surface area (Å²) >= 11 is 1.24. The first-order valence-electron chi connectivity index (χ1n) is 3.59. The predicted molar refractivity (Wildman–Crippen MR) is 43.9 cm³/mol. The van der Waals surface area contributed by atoms with E-state index < -0.39 is 18.4 Å². The molecule has 0 aliphatic carbocycles. The minimum atomic E-state index is -3.21. The lowest BCUT2D eigenvalue weighted by atomic mass is 10.2. The van der Waals surface area contributed by atoms with E-state index in [2.05, 4.69) is 0 Å². The number of hydrogen-bond acceptors (Lipinski definition) is 2. The van der Waals surface area contributed by atoms with Gasteiger partial charge in [0.25, 0.3) is 6.43 Å². The Balaban J connectivity index is 2.51. The predicted octanol–water partition coefficient (Wildman–Crippen LogP) is 2.46. The number of ketones is 1. The van der Waals surface area contributed by atoms with E-state index in [0.717, 1.165) is 0 Å². The number of thiophene rings is 1. The molecule has 1 unspecified atom stereocenters. The molecule has 0 amide bonds. The Kier molecular flexibility index (Phi) is 3.48. The van der Waals surface area contributed by atoms with E-state index in [-0.39, 0.29) is 6.42 Å². The van der Waals surface area contributed by atoms with Crippen LogP contribution in [0.1, 0.15) is 4.88 Å². The first-order chi connectivity index (χ1) is 6.11. The molecule has 0 radical (unpaired) electrons. The van der Waals surface area contributed by atoms with Crippen molar-refractivity contribution in [1.82, 2.24) is 0 Å². The molecular weight excluding hydrogens is 201 g/mol. The van der Waals surface area contributed by atoms with Gasteiger partial charge in [0.1, 0.15) is 0 Å². The van der Waals surface area contributed by atoms with Crippen LogP contribution in [0.4, 0.5) is 13.2 Å². The van der Waals surface area contributed by atoms with Crippen molar-refractivity contribution in [3.63, 3.8) is 0 Å². The van der Waals surface area contributed by atoms with Crippen molar-refractivity contribution in [3.8, 4) is 0 Å². The third-order valence-corrected chi connectivity index (χ3v) is 2.38. The summed E-state index contributed by atoms with van der Waals surface area (Å²) in [5.41, 5.74) is 0. The molecule has 0 saturated carbocycles. The van der Waals surface area contributed by atoms with Crippen molar-refractivity contribution in [2.75, 3.05) is 0 Å². The number of hydrogen-bond donors (Lipinski definition) is 0. The van der Waals surface area contributed by atoms with Crippen LogP contribution in [0.25, 0.3) is 0 Å². The van der Waals surface area contributed by atoms with E-state index >= 15 is 0 Å². The monoisotopic (exact) mass is 208 g/mol. The first kappa shape index (κ1) is 10.2. The van der Waals surface area contributed by atoms with Crippen LogP contribution < -0.4 is 0 Å². The van der Waals surface area contributed by atoms with Gasteiger partial charge in [-0.3, -0.25) is 4.79 Å². The zero-order valence-corrected chi connectivity index (χ0v) is 7.36. The van der Waals surface area contributed by atoms with Gasteiger partial charge < -0.3 is 0 Å². The minimum Gasteiger partial charge on any atom is -0.290 e. The van der Waals surface area contributed by atoms with Gasteiger partial charge in [0.15, 0.2) is 6.17 Å². The topological polar surface area (TPSA) is 17.1 Å². The summed E-state index contributed by atoms with van der Waals surface area (Å²) in [6, 6.07) is 3.29. The van der Waals surface area contributed by atoms with Crippen molar-refractivity contribution in [2.24, 2.45) is 0 Å². The van der Waals surface area contributed by atoms with Crippen molar-refractivity contribution < 1.29 is 18.0 Å². The minimum absolute atomic E-state index is 0.249. The largest absolute Gasteiger partial charge is 0.299 e. The summed E-state index contributed by atoms with van der Waals surface area (Å²) in [4.78, 5) is 11.0. The second kappa shape index (κ2) is 4.41. The van der Waals surface area contributed by atoms with Crippen molar-refractivity contribution in [2.45, 2.75) is 19.0 Å². The van der Waals surface area contributed by atoms with Gasteiger partial charge in [0.2, 0.25) is 5.78 Å². The standard InChI is InChI=1S/C8H7F3OS/c9-6(7(12)8(10)11)4-5-2-1-3-13-5/h1-3,6,8H,4H2. The lowest BCUT2D eigenvalue weighted by molar-refractivity contribution is -0.134. The van der Waals surface area contributed by atoms with Crippen LogP contribution >= 0.6 is 11.3 Å². The molecule has 1 heterocycles. The van der Waals surface area contributed by atoms with Gasteiger partial charge >= 0.3 is 0 Å². The SMILES string of the molecule is O=C(C(F)F)C(F)Cc1cccs1. The van der Waals surface area contributed by atoms with Crippen molar-refractivity contribution in [3.05, 3.63) is 22.4 Å². The van der Waals surface area contributed by atoms with Gasteiger partial charge in [-0.1, -0.05) is 6.07 Å².